The Hall–Kier alpha value is -3.71. The minimum absolute atomic E-state index is 0.0532. The molecule has 3 N–H and O–H groups in total. The first-order valence-electron chi connectivity index (χ1n) is 11.2. The maximum Gasteiger partial charge on any atom is 0.257 e. The molecule has 0 saturated heterocycles. The number of rotatable bonds is 9. The molecule has 0 fully saturated rings. The molecule has 0 radical (unpaired) electrons. The van der Waals surface area contributed by atoms with Crippen LogP contribution in [-0.2, 0) is 6.42 Å². The number of benzene rings is 3. The van der Waals surface area contributed by atoms with Crippen LogP contribution in [-0.4, -0.2) is 29.6 Å². The Balaban J connectivity index is 1.53. The van der Waals surface area contributed by atoms with Crippen molar-refractivity contribution in [3.8, 4) is 5.75 Å². The van der Waals surface area contributed by atoms with Crippen LogP contribution in [0.25, 0.3) is 0 Å². The van der Waals surface area contributed by atoms with Crippen LogP contribution in [0.15, 0.2) is 78.9 Å². The van der Waals surface area contributed by atoms with Crippen LogP contribution >= 0.6 is 12.2 Å². The van der Waals surface area contributed by atoms with Gasteiger partial charge in [-0.25, -0.2) is 0 Å². The third-order valence-corrected chi connectivity index (χ3v) is 5.46. The van der Waals surface area contributed by atoms with E-state index >= 15 is 0 Å². The van der Waals surface area contributed by atoms with Crippen molar-refractivity contribution < 1.29 is 14.3 Å². The smallest absolute Gasteiger partial charge is 0.257 e. The van der Waals surface area contributed by atoms with E-state index in [-0.39, 0.29) is 23.0 Å². The van der Waals surface area contributed by atoms with Crippen LogP contribution in [0, 0.1) is 0 Å². The van der Waals surface area contributed by atoms with Gasteiger partial charge in [-0.05, 0) is 67.5 Å². The van der Waals surface area contributed by atoms with Gasteiger partial charge in [0, 0.05) is 18.0 Å². The first-order chi connectivity index (χ1) is 16.5. The second kappa shape index (κ2) is 12.5. The first-order valence-corrected chi connectivity index (χ1v) is 11.7. The first kappa shape index (κ1) is 24.9. The summed E-state index contributed by atoms with van der Waals surface area (Å²) in [6, 6.07) is 24.1. The van der Waals surface area contributed by atoms with Crippen molar-refractivity contribution in [3.05, 3.63) is 95.6 Å². The molecule has 1 unspecified atom stereocenters. The van der Waals surface area contributed by atoms with Gasteiger partial charge in [0.2, 0.25) is 0 Å². The topological polar surface area (TPSA) is 79.5 Å². The highest BCUT2D eigenvalue weighted by atomic mass is 32.1. The second-order valence-electron chi connectivity index (χ2n) is 7.85. The van der Waals surface area contributed by atoms with Crippen molar-refractivity contribution in [1.29, 1.82) is 0 Å². The zero-order valence-electron chi connectivity index (χ0n) is 19.3. The quantitative estimate of drug-likeness (QED) is 0.381. The lowest BCUT2D eigenvalue weighted by atomic mass is 10.1. The molecule has 0 saturated carbocycles. The van der Waals surface area contributed by atoms with Crippen LogP contribution in [0.2, 0.25) is 0 Å². The Bertz CT molecular complexity index is 1120. The molecule has 0 spiro atoms. The summed E-state index contributed by atoms with van der Waals surface area (Å²) in [4.78, 5) is 25.2. The molecule has 176 valence electrons. The predicted octanol–water partition coefficient (Wildman–Crippen LogP) is 4.96. The average Bonchev–Trinajstić information content (AvgIpc) is 2.85. The number of amides is 2. The van der Waals surface area contributed by atoms with Gasteiger partial charge in [-0.1, -0.05) is 49.4 Å². The molecule has 6 nitrogen and oxygen atoms in total. The van der Waals surface area contributed by atoms with Gasteiger partial charge in [-0.3, -0.25) is 14.9 Å². The minimum atomic E-state index is -0.352. The third kappa shape index (κ3) is 7.42. The fourth-order valence-corrected chi connectivity index (χ4v) is 3.36. The molecule has 3 aromatic rings. The Kier molecular flexibility index (Phi) is 9.17. The van der Waals surface area contributed by atoms with E-state index in [1.54, 1.807) is 48.5 Å². The van der Waals surface area contributed by atoms with Crippen molar-refractivity contribution in [3.63, 3.8) is 0 Å². The minimum Gasteiger partial charge on any atom is -0.493 e. The molecule has 7 heteroatoms. The molecule has 0 aliphatic carbocycles. The van der Waals surface area contributed by atoms with Gasteiger partial charge in [-0.15, -0.1) is 0 Å². The Labute approximate surface area is 205 Å². The third-order valence-electron chi connectivity index (χ3n) is 5.26. The van der Waals surface area contributed by atoms with Crippen LogP contribution in [0.3, 0.4) is 0 Å². The number of carbonyl (C=O) groups excluding carboxylic acids is 2. The largest absolute Gasteiger partial charge is 0.493 e. The van der Waals surface area contributed by atoms with Gasteiger partial charge in [0.1, 0.15) is 5.75 Å². The molecule has 0 aliphatic heterocycles. The van der Waals surface area contributed by atoms with Crippen LogP contribution < -0.4 is 20.7 Å². The van der Waals surface area contributed by atoms with Crippen LogP contribution in [0.5, 0.6) is 5.75 Å². The number of para-hydroxylation sites is 1. The predicted molar refractivity (Wildman–Crippen MR) is 139 cm³/mol. The molecular weight excluding hydrogens is 446 g/mol. The zero-order chi connectivity index (χ0) is 24.3. The van der Waals surface area contributed by atoms with E-state index in [9.17, 15) is 9.59 Å². The Morgan fingerprint density at radius 1 is 0.912 bits per heavy atom. The van der Waals surface area contributed by atoms with Crippen LogP contribution in [0.4, 0.5) is 5.69 Å². The van der Waals surface area contributed by atoms with Crippen molar-refractivity contribution >= 4 is 34.8 Å². The molecule has 0 aromatic heterocycles. The summed E-state index contributed by atoms with van der Waals surface area (Å²) in [5, 5.41) is 8.65. The highest BCUT2D eigenvalue weighted by Crippen LogP contribution is 2.16. The van der Waals surface area contributed by atoms with Crippen molar-refractivity contribution in [1.82, 2.24) is 10.6 Å². The summed E-state index contributed by atoms with van der Waals surface area (Å²) >= 11 is 5.30. The monoisotopic (exact) mass is 475 g/mol. The lowest BCUT2D eigenvalue weighted by Crippen LogP contribution is -2.36. The average molecular weight is 476 g/mol. The number of hydrogen-bond donors (Lipinski definition) is 3. The maximum atomic E-state index is 12.6. The maximum absolute atomic E-state index is 12.6. The summed E-state index contributed by atoms with van der Waals surface area (Å²) in [7, 11) is 0. The second-order valence-corrected chi connectivity index (χ2v) is 8.25. The van der Waals surface area contributed by atoms with E-state index in [0.717, 1.165) is 12.8 Å². The van der Waals surface area contributed by atoms with E-state index < -0.39 is 0 Å². The molecule has 0 heterocycles. The summed E-state index contributed by atoms with van der Waals surface area (Å²) in [5.74, 6) is 0.138. The highest BCUT2D eigenvalue weighted by Gasteiger charge is 2.15. The lowest BCUT2D eigenvalue weighted by Gasteiger charge is -2.16. The molecule has 0 bridgehead atoms. The van der Waals surface area contributed by atoms with E-state index in [1.165, 1.54) is 5.56 Å². The Morgan fingerprint density at radius 3 is 2.29 bits per heavy atom. The molecule has 1 atom stereocenters. The summed E-state index contributed by atoms with van der Waals surface area (Å²) in [6.07, 6.45) is 1.63. The molecule has 0 aliphatic rings. The van der Waals surface area contributed by atoms with E-state index in [1.807, 2.05) is 32.0 Å². The van der Waals surface area contributed by atoms with Crippen molar-refractivity contribution in [2.24, 2.45) is 0 Å². The zero-order valence-corrected chi connectivity index (χ0v) is 20.2. The summed E-state index contributed by atoms with van der Waals surface area (Å²) in [5.41, 5.74) is 2.63. The molecular formula is C27H29N3O3S. The number of ether oxygens (including phenoxy) is 1. The van der Waals surface area contributed by atoms with Gasteiger partial charge in [-0.2, -0.15) is 0 Å². The molecule has 34 heavy (non-hydrogen) atoms. The van der Waals surface area contributed by atoms with E-state index in [4.69, 9.17) is 17.0 Å². The summed E-state index contributed by atoms with van der Waals surface area (Å²) in [6.45, 7) is 4.50. The SMILES string of the molecule is CCC(C)NC(=O)c1ccccc1NC(=S)NC(=O)c1ccc(OCCc2ccccc2)cc1. The number of anilines is 1. The molecule has 2 amide bonds. The van der Waals surface area contributed by atoms with Crippen LogP contribution in [0.1, 0.15) is 46.5 Å². The Morgan fingerprint density at radius 2 is 1.59 bits per heavy atom. The number of thiocarbonyl (C=S) groups is 1. The van der Waals surface area contributed by atoms with Gasteiger partial charge >= 0.3 is 0 Å². The van der Waals surface area contributed by atoms with Crippen molar-refractivity contribution in [2.45, 2.75) is 32.7 Å². The number of carbonyl (C=O) groups is 2. The number of nitrogens with one attached hydrogen (secondary N) is 3. The normalized spacial score (nSPS) is 11.2. The van der Waals surface area contributed by atoms with Gasteiger partial charge < -0.3 is 15.4 Å². The highest BCUT2D eigenvalue weighted by molar-refractivity contribution is 7.80. The fourth-order valence-electron chi connectivity index (χ4n) is 3.16. The van der Waals surface area contributed by atoms with E-state index in [2.05, 4.69) is 28.1 Å². The molecule has 3 aromatic carbocycles. The van der Waals surface area contributed by atoms with Gasteiger partial charge in [0.25, 0.3) is 11.8 Å². The van der Waals surface area contributed by atoms with Crippen molar-refractivity contribution in [2.75, 3.05) is 11.9 Å². The van der Waals surface area contributed by atoms with Gasteiger partial charge in [0.05, 0.1) is 17.9 Å². The summed E-state index contributed by atoms with van der Waals surface area (Å²) < 4.78 is 5.77. The fraction of sp³-hybridized carbons (Fsp3) is 0.222. The van der Waals surface area contributed by atoms with Gasteiger partial charge in [0.15, 0.2) is 5.11 Å². The standard InChI is InChI=1S/C27H29N3O3S/c1-3-19(2)28-26(32)23-11-7-8-12-24(23)29-27(34)30-25(31)21-13-15-22(16-14-21)33-18-17-20-9-5-4-6-10-20/h4-16,19H,3,17-18H2,1-2H3,(H,28,32)(H2,29,30,31,34). The molecule has 3 rings (SSSR count). The lowest BCUT2D eigenvalue weighted by molar-refractivity contribution is 0.0938. The van der Waals surface area contributed by atoms with E-state index in [0.29, 0.717) is 29.2 Å². The number of hydrogen-bond acceptors (Lipinski definition) is 4.